The highest BCUT2D eigenvalue weighted by molar-refractivity contribution is 5.97. The molecule has 0 aliphatic carbocycles. The number of aryl methyl sites for hydroxylation is 6. The Labute approximate surface area is 484 Å². The summed E-state index contributed by atoms with van der Waals surface area (Å²) in [7, 11) is 0. The molecule has 82 heavy (non-hydrogen) atoms. The SMILES string of the molecule is CC.CC.CCc1cccc(CC)c1-n1nc2c(c1-c1cccc3[nH]ccc13)CN(Cc1ccc(C(F)(F)F)cc1C)C2(C)C.CCc1cccc(CC)c1-n1nc2c(c1-c1cccc3[nH]ccc13)CN(Cc1ccccc1C)C2(C)C. The number of H-pyrrole nitrogens is 2. The Morgan fingerprint density at radius 3 is 1.26 bits per heavy atom. The number of nitrogens with one attached hydrogen (secondary N) is 2. The molecular weight excluding hydrogens is 1020 g/mol. The lowest BCUT2D eigenvalue weighted by atomic mass is 9.96. The molecule has 11 heteroatoms. The first kappa shape index (κ1) is 59.2. The second-order valence-corrected chi connectivity index (χ2v) is 22.3. The first-order chi connectivity index (χ1) is 39.5. The highest BCUT2D eigenvalue weighted by Gasteiger charge is 2.45. The maximum absolute atomic E-state index is 13.3. The van der Waals surface area contributed by atoms with E-state index in [0.29, 0.717) is 18.7 Å². The minimum Gasteiger partial charge on any atom is -0.361 e. The fraction of sp³-hybridized carbons (Fsp3) is 0.352. The van der Waals surface area contributed by atoms with Crippen LogP contribution < -0.4 is 0 Å². The molecule has 0 unspecified atom stereocenters. The van der Waals surface area contributed by atoms with Gasteiger partial charge in [0.25, 0.3) is 0 Å². The van der Waals surface area contributed by atoms with Crippen molar-refractivity contribution in [1.82, 2.24) is 39.3 Å². The van der Waals surface area contributed by atoms with E-state index in [-0.39, 0.29) is 5.54 Å². The summed E-state index contributed by atoms with van der Waals surface area (Å²) in [4.78, 5) is 11.7. The molecule has 0 saturated heterocycles. The van der Waals surface area contributed by atoms with Gasteiger partial charge in [-0.25, -0.2) is 9.36 Å². The van der Waals surface area contributed by atoms with E-state index in [4.69, 9.17) is 10.2 Å². The van der Waals surface area contributed by atoms with Gasteiger partial charge in [-0.3, -0.25) is 9.80 Å². The number of hydrogen-bond donors (Lipinski definition) is 2. The van der Waals surface area contributed by atoms with Crippen LogP contribution in [0.15, 0.2) is 140 Å². The fourth-order valence-electron chi connectivity index (χ4n) is 12.5. The second kappa shape index (κ2) is 24.2. The average Bonchev–Trinajstić information content (AvgIpc) is 3.03. The van der Waals surface area contributed by atoms with Crippen molar-refractivity contribution in [2.24, 2.45) is 0 Å². The molecule has 8 nitrogen and oxygen atoms in total. The topological polar surface area (TPSA) is 73.7 Å². The third-order valence-electron chi connectivity index (χ3n) is 17.1. The molecule has 428 valence electrons. The molecule has 2 N–H and O–H groups in total. The molecule has 0 atom stereocenters. The predicted octanol–water partition coefficient (Wildman–Crippen LogP) is 18.5. The van der Waals surface area contributed by atoms with Gasteiger partial charge < -0.3 is 9.97 Å². The Hall–Kier alpha value is -7.47. The van der Waals surface area contributed by atoms with E-state index in [9.17, 15) is 13.2 Å². The van der Waals surface area contributed by atoms with Crippen LogP contribution >= 0.6 is 0 Å². The van der Waals surface area contributed by atoms with Gasteiger partial charge in [0.05, 0.1) is 50.8 Å². The highest BCUT2D eigenvalue weighted by Crippen LogP contribution is 2.48. The molecule has 2 aliphatic rings. The van der Waals surface area contributed by atoms with Gasteiger partial charge in [-0.15, -0.1) is 0 Å². The summed E-state index contributed by atoms with van der Waals surface area (Å²) in [6.07, 6.45) is 3.40. The zero-order valence-electron chi connectivity index (χ0n) is 50.8. The maximum Gasteiger partial charge on any atom is 0.416 e. The van der Waals surface area contributed by atoms with Gasteiger partial charge in [0, 0.05) is 82.6 Å². The van der Waals surface area contributed by atoms with Gasteiger partial charge in [-0.1, -0.05) is 146 Å². The van der Waals surface area contributed by atoms with Crippen LogP contribution in [-0.4, -0.2) is 39.3 Å². The molecule has 0 bridgehead atoms. The fourth-order valence-corrected chi connectivity index (χ4v) is 12.5. The molecule has 6 aromatic carbocycles. The summed E-state index contributed by atoms with van der Waals surface area (Å²) in [5.74, 6) is 0. The molecule has 2 aliphatic heterocycles. The molecule has 10 aromatic rings. The van der Waals surface area contributed by atoms with Crippen LogP contribution in [0.5, 0.6) is 0 Å². The Balaban J connectivity index is 0.000000187. The number of nitrogens with zero attached hydrogens (tertiary/aromatic N) is 6. The predicted molar refractivity (Wildman–Crippen MR) is 334 cm³/mol. The number of hydrogen-bond acceptors (Lipinski definition) is 4. The first-order valence-electron chi connectivity index (χ1n) is 29.8. The quantitative estimate of drug-likeness (QED) is 0.128. The van der Waals surface area contributed by atoms with Crippen LogP contribution in [0.1, 0.15) is 156 Å². The lowest BCUT2D eigenvalue weighted by Crippen LogP contribution is -2.36. The zero-order valence-corrected chi connectivity index (χ0v) is 50.8. The molecule has 0 saturated carbocycles. The van der Waals surface area contributed by atoms with Gasteiger partial charge in [0.15, 0.2) is 0 Å². The highest BCUT2D eigenvalue weighted by atomic mass is 19.4. The summed E-state index contributed by atoms with van der Waals surface area (Å²) in [6, 6.07) is 43.3. The van der Waals surface area contributed by atoms with Crippen LogP contribution in [0.2, 0.25) is 0 Å². The number of rotatable bonds is 12. The van der Waals surface area contributed by atoms with Crippen molar-refractivity contribution in [2.75, 3.05) is 0 Å². The van der Waals surface area contributed by atoms with Crippen molar-refractivity contribution in [3.63, 3.8) is 0 Å². The molecule has 0 amide bonds. The lowest BCUT2D eigenvalue weighted by Gasteiger charge is -2.32. The van der Waals surface area contributed by atoms with E-state index in [2.05, 4.69) is 201 Å². The number of aromatic nitrogens is 6. The summed E-state index contributed by atoms with van der Waals surface area (Å²) >= 11 is 0. The third-order valence-corrected chi connectivity index (χ3v) is 17.1. The van der Waals surface area contributed by atoms with Crippen molar-refractivity contribution in [2.45, 2.75) is 166 Å². The summed E-state index contributed by atoms with van der Waals surface area (Å²) in [5.41, 5.74) is 22.3. The van der Waals surface area contributed by atoms with Crippen molar-refractivity contribution in [1.29, 1.82) is 0 Å². The van der Waals surface area contributed by atoms with Gasteiger partial charge in [0.1, 0.15) is 0 Å². The minimum absolute atomic E-state index is 0.183. The molecule has 12 rings (SSSR count). The number of aromatic amines is 2. The van der Waals surface area contributed by atoms with E-state index < -0.39 is 17.3 Å². The van der Waals surface area contributed by atoms with Crippen LogP contribution in [0, 0.1) is 13.8 Å². The van der Waals surface area contributed by atoms with Gasteiger partial charge in [0.2, 0.25) is 0 Å². The Morgan fingerprint density at radius 2 is 0.866 bits per heavy atom. The van der Waals surface area contributed by atoms with E-state index in [0.717, 1.165) is 83.4 Å². The van der Waals surface area contributed by atoms with Gasteiger partial charge in [-0.05, 0) is 148 Å². The van der Waals surface area contributed by atoms with Gasteiger partial charge in [-0.2, -0.15) is 23.4 Å². The largest absolute Gasteiger partial charge is 0.416 e. The normalized spacial score (nSPS) is 14.5. The van der Waals surface area contributed by atoms with Crippen LogP contribution in [0.25, 0.3) is 55.7 Å². The second-order valence-electron chi connectivity index (χ2n) is 22.3. The van der Waals surface area contributed by atoms with Crippen LogP contribution in [0.3, 0.4) is 0 Å². The number of fused-ring (bicyclic) bond motifs is 4. The molecule has 0 spiro atoms. The molecule has 6 heterocycles. The Kier molecular flexibility index (Phi) is 17.4. The van der Waals surface area contributed by atoms with Crippen molar-refractivity contribution < 1.29 is 13.2 Å². The van der Waals surface area contributed by atoms with E-state index in [1.165, 1.54) is 84.7 Å². The average molecular weight is 1110 g/mol. The Morgan fingerprint density at radius 1 is 0.476 bits per heavy atom. The molecular formula is C71H83F3N8. The van der Waals surface area contributed by atoms with Crippen LogP contribution in [-0.2, 0) is 69.1 Å². The summed E-state index contributed by atoms with van der Waals surface area (Å²) in [6.45, 7) is 32.8. The summed E-state index contributed by atoms with van der Waals surface area (Å²) in [5, 5.41) is 13.2. The van der Waals surface area contributed by atoms with Gasteiger partial charge >= 0.3 is 6.18 Å². The molecule has 0 fully saturated rings. The van der Waals surface area contributed by atoms with E-state index >= 15 is 0 Å². The zero-order chi connectivity index (χ0) is 58.8. The van der Waals surface area contributed by atoms with Crippen molar-refractivity contribution >= 4 is 21.8 Å². The van der Waals surface area contributed by atoms with Crippen LogP contribution in [0.4, 0.5) is 13.2 Å². The van der Waals surface area contributed by atoms with Crippen molar-refractivity contribution in [3.05, 3.63) is 212 Å². The Bertz CT molecular complexity index is 3820. The number of benzene rings is 6. The maximum atomic E-state index is 13.3. The van der Waals surface area contributed by atoms with E-state index in [1.807, 2.05) is 40.1 Å². The number of para-hydroxylation sites is 2. The first-order valence-corrected chi connectivity index (χ1v) is 29.8. The minimum atomic E-state index is -4.35. The smallest absolute Gasteiger partial charge is 0.361 e. The number of alkyl halides is 3. The van der Waals surface area contributed by atoms with Crippen molar-refractivity contribution in [3.8, 4) is 33.9 Å². The third kappa shape index (κ3) is 10.7. The van der Waals surface area contributed by atoms with E-state index in [1.54, 1.807) is 13.0 Å². The molecule has 4 aromatic heterocycles. The standard InChI is InChI=1S/C34H35F3N4.C33H36N4.2C2H6/c1-6-22-10-8-11-23(7-2)30(22)41-31(27-12-9-13-29-26(27)16-17-38-29)28-20-40(33(4,5)32(28)39-41)19-24-14-15-25(18-21(24)3)34(35,36)37;1-6-23-14-10-15-24(7-2)30(23)37-31(27-16-11-17-29-26(27)18-19-34-29)28-21-36(33(4,5)32(28)35-37)20-25-13-9-8-12-22(25)3;2*1-2/h8-18,38H,6-7,19-20H2,1-5H3;8-19,34H,6-7,20-21H2,1-5H3;2*1-2H3. The summed E-state index contributed by atoms with van der Waals surface area (Å²) < 4.78 is 44.4. The monoisotopic (exact) mass is 1100 g/mol. The lowest BCUT2D eigenvalue weighted by molar-refractivity contribution is -0.137. The number of halogens is 3. The molecule has 0 radical (unpaired) electrons.